The average Bonchev–Trinajstić information content (AvgIpc) is 2.78. The number of methoxy groups -OCH3 is 1. The maximum absolute atomic E-state index is 11.4. The van der Waals surface area contributed by atoms with Crippen LogP contribution in [-0.2, 0) is 4.74 Å². The fraction of sp³-hybridized carbons (Fsp3) is 0.0909. The van der Waals surface area contributed by atoms with Gasteiger partial charge in [0.15, 0.2) is 5.69 Å². The van der Waals surface area contributed by atoms with Crippen molar-refractivity contribution in [3.05, 3.63) is 42.5 Å². The van der Waals surface area contributed by atoms with Gasteiger partial charge in [-0.2, -0.15) is 0 Å². The zero-order chi connectivity index (χ0) is 11.5. The zero-order valence-electron chi connectivity index (χ0n) is 8.75. The summed E-state index contributed by atoms with van der Waals surface area (Å²) in [6.45, 7) is 0. The van der Waals surface area contributed by atoms with Crippen LogP contribution in [0.5, 0.6) is 0 Å². The minimum atomic E-state index is -0.422. The second-order valence-corrected chi connectivity index (χ2v) is 3.23. The minimum Gasteiger partial charge on any atom is -0.464 e. The van der Waals surface area contributed by atoms with E-state index in [4.69, 9.17) is 5.73 Å². The van der Waals surface area contributed by atoms with E-state index in [1.54, 1.807) is 23.0 Å². The quantitative estimate of drug-likeness (QED) is 0.607. The number of ether oxygens (including phenoxy) is 1. The zero-order valence-corrected chi connectivity index (χ0v) is 8.75. The maximum atomic E-state index is 11.4. The van der Waals surface area contributed by atoms with Crippen LogP contribution in [0.3, 0.4) is 0 Å². The molecule has 0 fully saturated rings. The molecule has 0 aliphatic carbocycles. The highest BCUT2D eigenvalue weighted by Gasteiger charge is 2.12. The highest BCUT2D eigenvalue weighted by molar-refractivity contribution is 5.87. The first-order chi connectivity index (χ1) is 7.72. The Morgan fingerprint density at radius 1 is 1.38 bits per heavy atom. The number of nitrogens with zero attached hydrogens (tertiary/aromatic N) is 2. The molecule has 1 aromatic heterocycles. The van der Waals surface area contributed by atoms with Crippen LogP contribution in [0.1, 0.15) is 10.5 Å². The summed E-state index contributed by atoms with van der Waals surface area (Å²) >= 11 is 0. The molecule has 0 spiro atoms. The van der Waals surface area contributed by atoms with Crippen molar-refractivity contribution in [1.82, 2.24) is 9.55 Å². The molecule has 5 nitrogen and oxygen atoms in total. The summed E-state index contributed by atoms with van der Waals surface area (Å²) in [7, 11) is 1.34. The summed E-state index contributed by atoms with van der Waals surface area (Å²) in [4.78, 5) is 15.3. The number of benzene rings is 1. The second kappa shape index (κ2) is 4.06. The van der Waals surface area contributed by atoms with E-state index in [0.29, 0.717) is 11.4 Å². The Hall–Kier alpha value is -2.30. The molecule has 0 radical (unpaired) electrons. The van der Waals surface area contributed by atoms with Crippen LogP contribution in [0, 0.1) is 0 Å². The fourth-order valence-electron chi connectivity index (χ4n) is 1.39. The summed E-state index contributed by atoms with van der Waals surface area (Å²) < 4.78 is 6.30. The van der Waals surface area contributed by atoms with Crippen molar-refractivity contribution in [1.29, 1.82) is 0 Å². The second-order valence-electron chi connectivity index (χ2n) is 3.23. The van der Waals surface area contributed by atoms with Crippen molar-refractivity contribution in [2.75, 3.05) is 12.8 Å². The highest BCUT2D eigenvalue weighted by atomic mass is 16.5. The first-order valence-corrected chi connectivity index (χ1v) is 4.69. The van der Waals surface area contributed by atoms with E-state index in [0.717, 1.165) is 5.69 Å². The highest BCUT2D eigenvalue weighted by Crippen LogP contribution is 2.13. The van der Waals surface area contributed by atoms with Crippen LogP contribution in [0.2, 0.25) is 0 Å². The smallest absolute Gasteiger partial charge is 0.356 e. The Morgan fingerprint density at radius 2 is 2.06 bits per heavy atom. The normalized spacial score (nSPS) is 10.1. The Morgan fingerprint density at radius 3 is 2.69 bits per heavy atom. The summed E-state index contributed by atoms with van der Waals surface area (Å²) in [5.41, 5.74) is 7.45. The lowest BCUT2D eigenvalue weighted by molar-refractivity contribution is 0.0591. The Bertz CT molecular complexity index is 502. The number of nitrogen functional groups attached to an aromatic ring is 1. The van der Waals surface area contributed by atoms with Gasteiger partial charge in [0, 0.05) is 11.4 Å². The SMILES string of the molecule is COC(=O)c1cncn1-c1ccc(N)cc1. The van der Waals surface area contributed by atoms with E-state index < -0.39 is 5.97 Å². The number of imidazole rings is 1. The molecule has 0 saturated carbocycles. The third-order valence-corrected chi connectivity index (χ3v) is 2.20. The Balaban J connectivity index is 2.44. The van der Waals surface area contributed by atoms with Gasteiger partial charge in [-0.3, -0.25) is 4.57 Å². The van der Waals surface area contributed by atoms with Crippen LogP contribution >= 0.6 is 0 Å². The van der Waals surface area contributed by atoms with Gasteiger partial charge in [-0.25, -0.2) is 9.78 Å². The van der Waals surface area contributed by atoms with E-state index in [1.807, 2.05) is 12.1 Å². The standard InChI is InChI=1S/C11H11N3O2/c1-16-11(15)10-6-13-7-14(10)9-4-2-8(12)3-5-9/h2-7H,12H2,1H3. The molecule has 0 bridgehead atoms. The van der Waals surface area contributed by atoms with Crippen molar-refractivity contribution >= 4 is 11.7 Å². The largest absolute Gasteiger partial charge is 0.464 e. The van der Waals surface area contributed by atoms with Crippen LogP contribution in [0.4, 0.5) is 5.69 Å². The average molecular weight is 217 g/mol. The van der Waals surface area contributed by atoms with Gasteiger partial charge in [0.1, 0.15) is 0 Å². The first-order valence-electron chi connectivity index (χ1n) is 4.69. The lowest BCUT2D eigenvalue weighted by Crippen LogP contribution is -2.08. The van der Waals surface area contributed by atoms with Gasteiger partial charge in [-0.1, -0.05) is 0 Å². The van der Waals surface area contributed by atoms with Crippen molar-refractivity contribution in [2.45, 2.75) is 0 Å². The van der Waals surface area contributed by atoms with Crippen molar-refractivity contribution in [2.24, 2.45) is 0 Å². The lowest BCUT2D eigenvalue weighted by atomic mass is 10.3. The Kier molecular flexibility index (Phi) is 2.59. The lowest BCUT2D eigenvalue weighted by Gasteiger charge is -2.06. The molecule has 0 atom stereocenters. The number of hydrogen-bond donors (Lipinski definition) is 1. The monoisotopic (exact) mass is 217 g/mol. The first kappa shape index (κ1) is 10.2. The third kappa shape index (κ3) is 1.75. The minimum absolute atomic E-state index is 0.382. The predicted molar refractivity (Wildman–Crippen MR) is 59.3 cm³/mol. The van der Waals surface area contributed by atoms with E-state index in [1.165, 1.54) is 13.3 Å². The van der Waals surface area contributed by atoms with Gasteiger partial charge in [-0.05, 0) is 24.3 Å². The fourth-order valence-corrected chi connectivity index (χ4v) is 1.39. The molecule has 0 unspecified atom stereocenters. The number of esters is 1. The van der Waals surface area contributed by atoms with Crippen molar-refractivity contribution in [3.63, 3.8) is 0 Å². The van der Waals surface area contributed by atoms with Crippen LogP contribution in [0.25, 0.3) is 5.69 Å². The summed E-state index contributed by atoms with van der Waals surface area (Å²) in [5, 5.41) is 0. The number of hydrogen-bond acceptors (Lipinski definition) is 4. The van der Waals surface area contributed by atoms with Crippen LogP contribution in [0.15, 0.2) is 36.8 Å². The topological polar surface area (TPSA) is 70.1 Å². The van der Waals surface area contributed by atoms with Crippen molar-refractivity contribution in [3.8, 4) is 5.69 Å². The van der Waals surface area contributed by atoms with Crippen LogP contribution in [-0.4, -0.2) is 22.6 Å². The molecule has 0 saturated heterocycles. The van der Waals surface area contributed by atoms with Gasteiger partial charge < -0.3 is 10.5 Å². The van der Waals surface area contributed by atoms with E-state index in [-0.39, 0.29) is 0 Å². The van der Waals surface area contributed by atoms with E-state index >= 15 is 0 Å². The molecule has 2 N–H and O–H groups in total. The number of carbonyl (C=O) groups is 1. The molecule has 0 amide bonds. The maximum Gasteiger partial charge on any atom is 0.356 e. The van der Waals surface area contributed by atoms with Gasteiger partial charge >= 0.3 is 5.97 Å². The van der Waals surface area contributed by atoms with Gasteiger partial charge in [0.2, 0.25) is 0 Å². The molecule has 2 aromatic rings. The third-order valence-electron chi connectivity index (χ3n) is 2.20. The number of anilines is 1. The molecule has 0 aliphatic rings. The molecule has 0 aliphatic heterocycles. The molecule has 1 heterocycles. The number of nitrogens with two attached hydrogens (primary N) is 1. The van der Waals surface area contributed by atoms with E-state index in [9.17, 15) is 4.79 Å². The molecule has 1 aromatic carbocycles. The van der Waals surface area contributed by atoms with E-state index in [2.05, 4.69) is 9.72 Å². The molecule has 2 rings (SSSR count). The molecular formula is C11H11N3O2. The van der Waals surface area contributed by atoms with Gasteiger partial charge in [-0.15, -0.1) is 0 Å². The van der Waals surface area contributed by atoms with Crippen molar-refractivity contribution < 1.29 is 9.53 Å². The molecule has 5 heteroatoms. The number of aromatic nitrogens is 2. The summed E-state index contributed by atoms with van der Waals surface area (Å²) in [5.74, 6) is -0.422. The van der Waals surface area contributed by atoms with Gasteiger partial charge in [0.05, 0.1) is 19.6 Å². The number of rotatable bonds is 2. The molecule has 82 valence electrons. The number of carbonyl (C=O) groups excluding carboxylic acids is 1. The molecule has 16 heavy (non-hydrogen) atoms. The molecular weight excluding hydrogens is 206 g/mol. The summed E-state index contributed by atoms with van der Waals surface area (Å²) in [6.07, 6.45) is 3.01. The predicted octanol–water partition coefficient (Wildman–Crippen LogP) is 1.24. The Labute approximate surface area is 92.5 Å². The van der Waals surface area contributed by atoms with Gasteiger partial charge in [0.25, 0.3) is 0 Å². The van der Waals surface area contributed by atoms with Crippen LogP contribution < -0.4 is 5.73 Å². The summed E-state index contributed by atoms with van der Waals surface area (Å²) in [6, 6.07) is 7.14.